The van der Waals surface area contributed by atoms with Crippen molar-refractivity contribution in [1.29, 1.82) is 0 Å². The number of hydrogen-bond donors (Lipinski definition) is 1. The Bertz CT molecular complexity index is 760. The molecule has 0 saturated heterocycles. The van der Waals surface area contributed by atoms with Crippen LogP contribution in [0.5, 0.6) is 0 Å². The van der Waals surface area contributed by atoms with Gasteiger partial charge in [0.15, 0.2) is 0 Å². The van der Waals surface area contributed by atoms with Crippen LogP contribution in [-0.2, 0) is 22.6 Å². The average Bonchev–Trinajstić information content (AvgIpc) is 2.67. The van der Waals surface area contributed by atoms with Crippen LogP contribution in [0.3, 0.4) is 0 Å². The smallest absolute Gasteiger partial charge is 0.408 e. The van der Waals surface area contributed by atoms with Gasteiger partial charge in [0.2, 0.25) is 5.78 Å². The van der Waals surface area contributed by atoms with Gasteiger partial charge in [-0.05, 0) is 23.5 Å². The van der Waals surface area contributed by atoms with Crippen LogP contribution in [0.4, 0.5) is 4.79 Å². The van der Waals surface area contributed by atoms with Gasteiger partial charge in [0.05, 0.1) is 0 Å². The molecule has 2 aromatic rings. The minimum absolute atomic E-state index is 0.153. The molecule has 0 spiro atoms. The Morgan fingerprint density at radius 3 is 2.23 bits per heavy atom. The van der Waals surface area contributed by atoms with Crippen molar-refractivity contribution in [2.24, 2.45) is 0 Å². The predicted molar refractivity (Wildman–Crippen MR) is 101 cm³/mol. The summed E-state index contributed by atoms with van der Waals surface area (Å²) in [7, 11) is 0. The number of benzene rings is 2. The summed E-state index contributed by atoms with van der Waals surface area (Å²) < 4.78 is 5.22. The zero-order valence-corrected chi connectivity index (χ0v) is 14.9. The van der Waals surface area contributed by atoms with Gasteiger partial charge >= 0.3 is 6.09 Å². The molecule has 2 rings (SSSR count). The fraction of sp³-hybridized carbons (Fsp3) is 0.273. The van der Waals surface area contributed by atoms with Crippen molar-refractivity contribution >= 4 is 11.9 Å². The monoisotopic (exact) mass is 349 g/mol. The molecular formula is C22H23NO3. The van der Waals surface area contributed by atoms with E-state index in [4.69, 9.17) is 4.74 Å². The van der Waals surface area contributed by atoms with Crippen molar-refractivity contribution in [1.82, 2.24) is 5.32 Å². The fourth-order valence-electron chi connectivity index (χ4n) is 2.33. The minimum Gasteiger partial charge on any atom is -0.445 e. The molecule has 0 aliphatic rings. The third kappa shape index (κ3) is 6.82. The van der Waals surface area contributed by atoms with Crippen molar-refractivity contribution < 1.29 is 14.3 Å². The van der Waals surface area contributed by atoms with E-state index >= 15 is 0 Å². The number of ketones is 1. The summed E-state index contributed by atoms with van der Waals surface area (Å²) in [6.45, 7) is 2.15. The second-order valence-electron chi connectivity index (χ2n) is 5.86. The lowest BCUT2D eigenvalue weighted by Crippen LogP contribution is -2.42. The Kier molecular flexibility index (Phi) is 7.95. The third-order valence-corrected chi connectivity index (χ3v) is 3.69. The van der Waals surface area contributed by atoms with E-state index in [1.54, 1.807) is 0 Å². The summed E-state index contributed by atoms with van der Waals surface area (Å²) in [5, 5.41) is 2.65. The van der Waals surface area contributed by atoms with E-state index in [0.717, 1.165) is 17.5 Å². The molecule has 0 bridgehead atoms. The van der Waals surface area contributed by atoms with Crippen LogP contribution in [-0.4, -0.2) is 17.9 Å². The van der Waals surface area contributed by atoms with Crippen molar-refractivity contribution in [3.8, 4) is 11.8 Å². The van der Waals surface area contributed by atoms with Crippen LogP contribution in [0.25, 0.3) is 0 Å². The average molecular weight is 349 g/mol. The van der Waals surface area contributed by atoms with Crippen LogP contribution in [0.1, 0.15) is 30.9 Å². The lowest BCUT2D eigenvalue weighted by Gasteiger charge is -2.15. The second-order valence-corrected chi connectivity index (χ2v) is 5.86. The van der Waals surface area contributed by atoms with E-state index in [9.17, 15) is 9.59 Å². The molecule has 4 heteroatoms. The highest BCUT2D eigenvalue weighted by atomic mass is 16.5. The van der Waals surface area contributed by atoms with Gasteiger partial charge in [-0.1, -0.05) is 73.5 Å². The highest BCUT2D eigenvalue weighted by Gasteiger charge is 2.20. The van der Waals surface area contributed by atoms with Crippen molar-refractivity contribution in [2.45, 2.75) is 38.8 Å². The van der Waals surface area contributed by atoms with Gasteiger partial charge in [0.25, 0.3) is 0 Å². The lowest BCUT2D eigenvalue weighted by atomic mass is 10.0. The molecule has 134 valence electrons. The van der Waals surface area contributed by atoms with Gasteiger partial charge in [-0.2, -0.15) is 0 Å². The van der Waals surface area contributed by atoms with Crippen molar-refractivity contribution in [2.75, 3.05) is 0 Å². The van der Waals surface area contributed by atoms with E-state index in [1.807, 2.05) is 67.6 Å². The second kappa shape index (κ2) is 10.7. The highest BCUT2D eigenvalue weighted by Crippen LogP contribution is 2.06. The molecule has 0 radical (unpaired) electrons. The van der Waals surface area contributed by atoms with Crippen LogP contribution < -0.4 is 5.32 Å². The van der Waals surface area contributed by atoms with Crippen molar-refractivity contribution in [3.63, 3.8) is 0 Å². The molecule has 0 fully saturated rings. The minimum atomic E-state index is -0.731. The van der Waals surface area contributed by atoms with Crippen LogP contribution in [0.15, 0.2) is 60.7 Å². The molecule has 1 N–H and O–H groups in total. The predicted octanol–water partition coefficient (Wildman–Crippen LogP) is 3.90. The Morgan fingerprint density at radius 1 is 1.00 bits per heavy atom. The third-order valence-electron chi connectivity index (χ3n) is 3.69. The Balaban J connectivity index is 1.99. The number of carbonyl (C=O) groups is 2. The molecule has 0 aliphatic heterocycles. The molecule has 2 aromatic carbocycles. The number of Topliss-reactive ketones (excluding diaryl/α,β-unsaturated/α-hetero) is 1. The van der Waals surface area contributed by atoms with Crippen LogP contribution in [0, 0.1) is 11.8 Å². The number of alkyl carbamates (subject to hydrolysis) is 1. The van der Waals surface area contributed by atoms with Crippen molar-refractivity contribution in [3.05, 3.63) is 71.8 Å². The standard InChI is InChI=1S/C22H23NO3/c1-2-3-6-15-21(24)20(16-18-11-7-4-8-12-18)23-22(25)26-17-19-13-9-5-10-14-19/h4-5,7-14,20H,2-3,16-17H2,1H3,(H,23,25)/t20-/m0/s1. The summed E-state index contributed by atoms with van der Waals surface area (Å²) in [6, 6.07) is 18.2. The van der Waals surface area contributed by atoms with Gasteiger partial charge in [0, 0.05) is 12.8 Å². The molecule has 0 aliphatic carbocycles. The molecule has 26 heavy (non-hydrogen) atoms. The summed E-state index contributed by atoms with van der Waals surface area (Å²) in [5.74, 6) is 5.16. The molecular weight excluding hydrogens is 326 g/mol. The zero-order valence-electron chi connectivity index (χ0n) is 14.9. The number of rotatable bonds is 7. The summed E-state index contributed by atoms with van der Waals surface area (Å²) in [4.78, 5) is 24.5. The largest absolute Gasteiger partial charge is 0.445 e. The van der Waals surface area contributed by atoms with Gasteiger partial charge in [-0.15, -0.1) is 0 Å². The first-order valence-electron chi connectivity index (χ1n) is 8.73. The van der Waals surface area contributed by atoms with E-state index in [1.165, 1.54) is 0 Å². The summed E-state index contributed by atoms with van der Waals surface area (Å²) >= 11 is 0. The maximum atomic E-state index is 12.4. The maximum absolute atomic E-state index is 12.4. The molecule has 0 unspecified atom stereocenters. The molecule has 1 atom stereocenters. The molecule has 0 saturated carbocycles. The van der Waals surface area contributed by atoms with E-state index in [-0.39, 0.29) is 12.4 Å². The number of hydrogen-bond acceptors (Lipinski definition) is 3. The van der Waals surface area contributed by atoms with E-state index < -0.39 is 12.1 Å². The van der Waals surface area contributed by atoms with E-state index in [2.05, 4.69) is 17.2 Å². The first-order chi connectivity index (χ1) is 12.7. The number of nitrogens with one attached hydrogen (secondary N) is 1. The Labute approximate surface area is 154 Å². The van der Waals surface area contributed by atoms with Gasteiger partial charge in [-0.25, -0.2) is 4.79 Å². The first kappa shape index (κ1) is 19.3. The Hall–Kier alpha value is -3.06. The zero-order chi connectivity index (χ0) is 18.6. The van der Waals surface area contributed by atoms with Crippen LogP contribution >= 0.6 is 0 Å². The summed E-state index contributed by atoms with van der Waals surface area (Å²) in [6.07, 6.45) is 1.29. The molecule has 0 heterocycles. The fourth-order valence-corrected chi connectivity index (χ4v) is 2.33. The molecule has 1 amide bonds. The number of amides is 1. The van der Waals surface area contributed by atoms with Gasteiger partial charge < -0.3 is 10.1 Å². The summed E-state index contributed by atoms with van der Waals surface area (Å²) in [5.41, 5.74) is 1.84. The SMILES string of the molecule is CCCC#CC(=O)[C@H](Cc1ccccc1)NC(=O)OCc1ccccc1. The van der Waals surface area contributed by atoms with Gasteiger partial charge in [0.1, 0.15) is 12.6 Å². The van der Waals surface area contributed by atoms with Crippen LogP contribution in [0.2, 0.25) is 0 Å². The number of carbonyl (C=O) groups excluding carboxylic acids is 2. The topological polar surface area (TPSA) is 55.4 Å². The van der Waals surface area contributed by atoms with Gasteiger partial charge in [-0.3, -0.25) is 4.79 Å². The number of ether oxygens (including phenoxy) is 1. The lowest BCUT2D eigenvalue weighted by molar-refractivity contribution is -0.115. The highest BCUT2D eigenvalue weighted by molar-refractivity contribution is 6.01. The number of unbranched alkanes of at least 4 members (excludes halogenated alkanes) is 1. The normalized spacial score (nSPS) is 11.0. The first-order valence-corrected chi connectivity index (χ1v) is 8.73. The molecule has 0 aromatic heterocycles. The maximum Gasteiger partial charge on any atom is 0.408 e. The quantitative estimate of drug-likeness (QED) is 0.609. The Morgan fingerprint density at radius 2 is 1.62 bits per heavy atom. The van der Waals surface area contributed by atoms with E-state index in [0.29, 0.717) is 12.8 Å². The molecule has 4 nitrogen and oxygen atoms in total.